The summed E-state index contributed by atoms with van der Waals surface area (Å²) < 4.78 is 15.9. The quantitative estimate of drug-likeness (QED) is 0.772. The van der Waals surface area contributed by atoms with Crippen LogP contribution in [0.5, 0.6) is 11.5 Å². The molecule has 0 saturated carbocycles. The van der Waals surface area contributed by atoms with E-state index in [4.69, 9.17) is 19.9 Å². The fraction of sp³-hybridized carbons (Fsp3) is 0.588. The molecule has 0 aliphatic carbocycles. The molecular formula is C17H27ClN2O4. The maximum Gasteiger partial charge on any atom is 0.227 e. The first-order chi connectivity index (χ1) is 11.1. The Morgan fingerprint density at radius 2 is 2.00 bits per heavy atom. The van der Waals surface area contributed by atoms with Gasteiger partial charge in [0.15, 0.2) is 0 Å². The molecule has 3 N–H and O–H groups in total. The van der Waals surface area contributed by atoms with Crippen LogP contribution < -0.4 is 20.5 Å². The minimum atomic E-state index is -0.489. The Labute approximate surface area is 149 Å². The van der Waals surface area contributed by atoms with Gasteiger partial charge in [-0.3, -0.25) is 4.79 Å². The van der Waals surface area contributed by atoms with Gasteiger partial charge in [0.1, 0.15) is 11.5 Å². The molecule has 136 valence electrons. The van der Waals surface area contributed by atoms with Gasteiger partial charge in [0.2, 0.25) is 5.91 Å². The first-order valence-corrected chi connectivity index (χ1v) is 7.92. The molecule has 0 bridgehead atoms. The lowest BCUT2D eigenvalue weighted by Crippen LogP contribution is -2.49. The van der Waals surface area contributed by atoms with Crippen molar-refractivity contribution in [2.24, 2.45) is 11.1 Å². The molecule has 1 aromatic carbocycles. The highest BCUT2D eigenvalue weighted by Crippen LogP contribution is 2.29. The summed E-state index contributed by atoms with van der Waals surface area (Å²) in [7, 11) is 3.26. The lowest BCUT2D eigenvalue weighted by Gasteiger charge is -2.34. The van der Waals surface area contributed by atoms with Crippen molar-refractivity contribution in [1.82, 2.24) is 5.32 Å². The van der Waals surface area contributed by atoms with Gasteiger partial charge in [0, 0.05) is 26.3 Å². The molecule has 0 aromatic heterocycles. The van der Waals surface area contributed by atoms with Gasteiger partial charge in [-0.2, -0.15) is 0 Å². The fourth-order valence-corrected chi connectivity index (χ4v) is 2.86. The summed E-state index contributed by atoms with van der Waals surface area (Å²) in [6, 6.07) is 5.65. The Balaban J connectivity index is 0.00000288. The first-order valence-electron chi connectivity index (χ1n) is 7.92. The van der Waals surface area contributed by atoms with Crippen LogP contribution in [0.4, 0.5) is 0 Å². The molecule has 2 rings (SSSR count). The van der Waals surface area contributed by atoms with E-state index in [1.54, 1.807) is 14.2 Å². The number of hydrogen-bond acceptors (Lipinski definition) is 5. The molecule has 0 spiro atoms. The number of methoxy groups -OCH3 is 2. The molecule has 1 aliphatic heterocycles. The molecule has 7 heteroatoms. The van der Waals surface area contributed by atoms with E-state index in [-0.39, 0.29) is 18.3 Å². The third-order valence-electron chi connectivity index (χ3n) is 4.49. The molecule has 1 aromatic rings. The Morgan fingerprint density at radius 1 is 1.29 bits per heavy atom. The summed E-state index contributed by atoms with van der Waals surface area (Å²) in [6.07, 6.45) is 2.03. The maximum absolute atomic E-state index is 12.5. The fourth-order valence-electron chi connectivity index (χ4n) is 2.86. The number of rotatable bonds is 7. The van der Waals surface area contributed by atoms with Crippen molar-refractivity contribution < 1.29 is 19.0 Å². The number of hydrogen-bond donors (Lipinski definition) is 2. The highest BCUT2D eigenvalue weighted by Gasteiger charge is 2.38. The molecule has 1 fully saturated rings. The third-order valence-corrected chi connectivity index (χ3v) is 4.49. The van der Waals surface area contributed by atoms with E-state index < -0.39 is 5.41 Å². The third kappa shape index (κ3) is 4.75. The molecule has 1 aliphatic rings. The van der Waals surface area contributed by atoms with Crippen LogP contribution in [0.25, 0.3) is 0 Å². The molecule has 1 heterocycles. The average molecular weight is 359 g/mol. The molecule has 1 amide bonds. The van der Waals surface area contributed by atoms with Gasteiger partial charge in [-0.05, 0) is 43.0 Å². The van der Waals surface area contributed by atoms with Crippen LogP contribution >= 0.6 is 12.4 Å². The molecule has 0 atom stereocenters. The van der Waals surface area contributed by atoms with Crippen molar-refractivity contribution in [3.8, 4) is 11.5 Å². The predicted octanol–water partition coefficient (Wildman–Crippen LogP) is 1.54. The summed E-state index contributed by atoms with van der Waals surface area (Å²) >= 11 is 0. The number of carbonyl (C=O) groups is 1. The summed E-state index contributed by atoms with van der Waals surface area (Å²) in [5, 5.41) is 3.01. The van der Waals surface area contributed by atoms with Crippen LogP contribution in [-0.4, -0.2) is 46.4 Å². The van der Waals surface area contributed by atoms with Crippen LogP contribution in [0.2, 0.25) is 0 Å². The highest BCUT2D eigenvalue weighted by molar-refractivity contribution is 5.85. The minimum absolute atomic E-state index is 0. The summed E-state index contributed by atoms with van der Waals surface area (Å²) in [6.45, 7) is 2.07. The van der Waals surface area contributed by atoms with Crippen molar-refractivity contribution in [1.29, 1.82) is 0 Å². The molecular weight excluding hydrogens is 332 g/mol. The lowest BCUT2D eigenvalue weighted by atomic mass is 9.79. The molecule has 0 radical (unpaired) electrons. The maximum atomic E-state index is 12.5. The average Bonchev–Trinajstić information content (AvgIpc) is 2.61. The normalized spacial score (nSPS) is 16.0. The second-order valence-corrected chi connectivity index (χ2v) is 5.78. The predicted molar refractivity (Wildman–Crippen MR) is 95.0 cm³/mol. The summed E-state index contributed by atoms with van der Waals surface area (Å²) in [4.78, 5) is 12.5. The van der Waals surface area contributed by atoms with Crippen LogP contribution in [0.15, 0.2) is 18.2 Å². The number of ether oxygens (including phenoxy) is 3. The largest absolute Gasteiger partial charge is 0.497 e. The van der Waals surface area contributed by atoms with E-state index in [0.717, 1.165) is 17.1 Å². The second kappa shape index (κ2) is 9.71. The smallest absolute Gasteiger partial charge is 0.227 e. The van der Waals surface area contributed by atoms with E-state index in [1.165, 1.54) is 0 Å². The Morgan fingerprint density at radius 3 is 2.58 bits per heavy atom. The van der Waals surface area contributed by atoms with E-state index >= 15 is 0 Å². The van der Waals surface area contributed by atoms with Crippen molar-refractivity contribution in [3.05, 3.63) is 23.8 Å². The van der Waals surface area contributed by atoms with Crippen LogP contribution in [0.1, 0.15) is 18.4 Å². The monoisotopic (exact) mass is 358 g/mol. The minimum Gasteiger partial charge on any atom is -0.497 e. The van der Waals surface area contributed by atoms with E-state index in [9.17, 15) is 4.79 Å². The number of nitrogens with two attached hydrogens (primary N) is 1. The van der Waals surface area contributed by atoms with Gasteiger partial charge in [0.05, 0.1) is 19.6 Å². The summed E-state index contributed by atoms with van der Waals surface area (Å²) in [5.74, 6) is 1.58. The topological polar surface area (TPSA) is 82.8 Å². The van der Waals surface area contributed by atoms with Crippen LogP contribution in [0, 0.1) is 5.41 Å². The van der Waals surface area contributed by atoms with Crippen LogP contribution in [-0.2, 0) is 16.0 Å². The Bertz CT molecular complexity index is 533. The molecule has 24 heavy (non-hydrogen) atoms. The second-order valence-electron chi connectivity index (χ2n) is 5.78. The summed E-state index contributed by atoms with van der Waals surface area (Å²) in [5.41, 5.74) is 6.36. The van der Waals surface area contributed by atoms with Crippen molar-refractivity contribution in [2.45, 2.75) is 19.3 Å². The standard InChI is InChI=1S/C17H26N2O4.ClH/c1-21-14-3-4-15(22-2)13(11-14)5-8-19-16(20)17(12-18)6-9-23-10-7-17;/h3-4,11H,5-10,12,18H2,1-2H3,(H,19,20);1H. The zero-order valence-corrected chi connectivity index (χ0v) is 15.1. The number of carbonyl (C=O) groups excluding carboxylic acids is 1. The zero-order valence-electron chi connectivity index (χ0n) is 14.3. The number of amides is 1. The zero-order chi connectivity index (χ0) is 16.7. The van der Waals surface area contributed by atoms with Crippen LogP contribution in [0.3, 0.4) is 0 Å². The van der Waals surface area contributed by atoms with E-state index in [2.05, 4.69) is 5.32 Å². The van der Waals surface area contributed by atoms with E-state index in [1.807, 2.05) is 18.2 Å². The molecule has 1 saturated heterocycles. The number of halogens is 1. The first kappa shape index (κ1) is 20.5. The van der Waals surface area contributed by atoms with Gasteiger partial charge < -0.3 is 25.3 Å². The van der Waals surface area contributed by atoms with Gasteiger partial charge in [-0.1, -0.05) is 0 Å². The molecule has 6 nitrogen and oxygen atoms in total. The van der Waals surface area contributed by atoms with Crippen molar-refractivity contribution in [2.75, 3.05) is 40.5 Å². The van der Waals surface area contributed by atoms with Gasteiger partial charge >= 0.3 is 0 Å². The number of benzene rings is 1. The van der Waals surface area contributed by atoms with E-state index in [0.29, 0.717) is 45.6 Å². The van der Waals surface area contributed by atoms with Gasteiger partial charge in [0.25, 0.3) is 0 Å². The van der Waals surface area contributed by atoms with Crippen molar-refractivity contribution >= 4 is 18.3 Å². The lowest BCUT2D eigenvalue weighted by molar-refractivity contribution is -0.135. The molecule has 0 unspecified atom stereocenters. The van der Waals surface area contributed by atoms with Gasteiger partial charge in [-0.15, -0.1) is 12.4 Å². The SMILES string of the molecule is COc1ccc(OC)c(CCNC(=O)C2(CN)CCOCC2)c1.Cl. The van der Waals surface area contributed by atoms with Crippen molar-refractivity contribution in [3.63, 3.8) is 0 Å². The Kier molecular flexibility index (Phi) is 8.31. The van der Waals surface area contributed by atoms with Gasteiger partial charge in [-0.25, -0.2) is 0 Å². The Hall–Kier alpha value is -1.50. The number of nitrogens with one attached hydrogen (secondary N) is 1. The highest BCUT2D eigenvalue weighted by atomic mass is 35.5.